The van der Waals surface area contributed by atoms with Crippen LogP contribution < -0.4 is 20.1 Å². The second kappa shape index (κ2) is 11.8. The van der Waals surface area contributed by atoms with Crippen LogP contribution in [-0.2, 0) is 11.3 Å². The van der Waals surface area contributed by atoms with Crippen LogP contribution in [0.15, 0.2) is 47.5 Å². The third kappa shape index (κ3) is 6.50. The molecule has 0 aromatic heterocycles. The van der Waals surface area contributed by atoms with E-state index < -0.39 is 0 Å². The number of rotatable bonds is 8. The molecule has 1 aliphatic rings. The van der Waals surface area contributed by atoms with E-state index in [-0.39, 0.29) is 6.04 Å². The Morgan fingerprint density at radius 1 is 1.10 bits per heavy atom. The maximum Gasteiger partial charge on any atom is 0.191 e. The number of aliphatic imine (C=N–C) groups is 1. The molecule has 1 unspecified atom stereocenters. The van der Waals surface area contributed by atoms with Gasteiger partial charge in [-0.25, -0.2) is 0 Å². The van der Waals surface area contributed by atoms with Gasteiger partial charge in [-0.1, -0.05) is 29.8 Å². The average Bonchev–Trinajstić information content (AvgIpc) is 2.81. The molecule has 1 aliphatic heterocycles. The van der Waals surface area contributed by atoms with Crippen LogP contribution in [0.3, 0.4) is 0 Å². The van der Waals surface area contributed by atoms with Crippen molar-refractivity contribution in [1.29, 1.82) is 0 Å². The number of hydrogen-bond donors (Lipinski definition) is 2. The van der Waals surface area contributed by atoms with E-state index in [1.165, 1.54) is 5.56 Å². The molecule has 1 saturated heterocycles. The van der Waals surface area contributed by atoms with E-state index >= 15 is 0 Å². The molecule has 3 rings (SSSR count). The fraction of sp³-hybridized carbons (Fsp3) is 0.435. The highest BCUT2D eigenvalue weighted by Gasteiger charge is 2.23. The minimum atomic E-state index is 0.169. The summed E-state index contributed by atoms with van der Waals surface area (Å²) in [5.41, 5.74) is 2.25. The first-order chi connectivity index (χ1) is 15.1. The van der Waals surface area contributed by atoms with E-state index in [1.807, 2.05) is 36.4 Å². The van der Waals surface area contributed by atoms with Gasteiger partial charge in [-0.05, 0) is 35.4 Å². The summed E-state index contributed by atoms with van der Waals surface area (Å²) in [6, 6.07) is 14.1. The van der Waals surface area contributed by atoms with Crippen molar-refractivity contribution in [2.45, 2.75) is 12.6 Å². The first-order valence-electron chi connectivity index (χ1n) is 10.4. The van der Waals surface area contributed by atoms with Gasteiger partial charge >= 0.3 is 0 Å². The maximum atomic E-state index is 6.26. The number of hydrogen-bond acceptors (Lipinski definition) is 5. The zero-order valence-corrected chi connectivity index (χ0v) is 19.1. The summed E-state index contributed by atoms with van der Waals surface area (Å²) >= 11 is 6.26. The Morgan fingerprint density at radius 3 is 2.55 bits per heavy atom. The lowest BCUT2D eigenvalue weighted by Gasteiger charge is -2.35. The lowest BCUT2D eigenvalue weighted by molar-refractivity contribution is 0.0170. The third-order valence-corrected chi connectivity index (χ3v) is 5.55. The predicted molar refractivity (Wildman–Crippen MR) is 124 cm³/mol. The van der Waals surface area contributed by atoms with E-state index in [1.54, 1.807) is 21.3 Å². The maximum absolute atomic E-state index is 6.26. The number of halogens is 1. The summed E-state index contributed by atoms with van der Waals surface area (Å²) in [6.07, 6.45) is 0. The molecule has 0 amide bonds. The van der Waals surface area contributed by atoms with E-state index in [9.17, 15) is 0 Å². The molecule has 2 N–H and O–H groups in total. The Bertz CT molecular complexity index is 872. The van der Waals surface area contributed by atoms with E-state index in [4.69, 9.17) is 25.8 Å². The highest BCUT2D eigenvalue weighted by atomic mass is 35.5. The van der Waals surface area contributed by atoms with Gasteiger partial charge in [0.05, 0.1) is 33.5 Å². The molecular weight excluding hydrogens is 416 g/mol. The Hall–Kier alpha value is -2.48. The summed E-state index contributed by atoms with van der Waals surface area (Å²) < 4.78 is 16.2. The molecule has 0 aliphatic carbocycles. The number of methoxy groups -OCH3 is 2. The van der Waals surface area contributed by atoms with Crippen LogP contribution in [0.25, 0.3) is 0 Å². The van der Waals surface area contributed by atoms with Crippen molar-refractivity contribution >= 4 is 17.6 Å². The second-order valence-electron chi connectivity index (χ2n) is 7.22. The molecule has 2 aromatic rings. The van der Waals surface area contributed by atoms with Crippen molar-refractivity contribution < 1.29 is 14.2 Å². The van der Waals surface area contributed by atoms with Crippen LogP contribution in [0, 0.1) is 0 Å². The largest absolute Gasteiger partial charge is 0.493 e. The summed E-state index contributed by atoms with van der Waals surface area (Å²) in [4.78, 5) is 6.80. The topological polar surface area (TPSA) is 67.4 Å². The fourth-order valence-electron chi connectivity index (χ4n) is 3.65. The predicted octanol–water partition coefficient (Wildman–Crippen LogP) is 3.10. The zero-order valence-electron chi connectivity index (χ0n) is 18.4. The Kier molecular flexibility index (Phi) is 8.82. The minimum absolute atomic E-state index is 0.169. The minimum Gasteiger partial charge on any atom is -0.493 e. The Morgan fingerprint density at radius 2 is 1.87 bits per heavy atom. The van der Waals surface area contributed by atoms with Crippen LogP contribution in [0.1, 0.15) is 17.2 Å². The van der Waals surface area contributed by atoms with Crippen molar-refractivity contribution in [3.8, 4) is 11.5 Å². The van der Waals surface area contributed by atoms with Crippen molar-refractivity contribution in [3.05, 3.63) is 58.6 Å². The van der Waals surface area contributed by atoms with Crippen LogP contribution in [0.4, 0.5) is 0 Å². The number of nitrogens with zero attached hydrogens (tertiary/aromatic N) is 2. The quantitative estimate of drug-likeness (QED) is 0.480. The first kappa shape index (κ1) is 23.2. The van der Waals surface area contributed by atoms with Crippen LogP contribution in [-0.4, -0.2) is 65.0 Å². The number of benzene rings is 2. The molecule has 1 atom stereocenters. The molecule has 8 heteroatoms. The van der Waals surface area contributed by atoms with Crippen LogP contribution in [0.5, 0.6) is 11.5 Å². The van der Waals surface area contributed by atoms with Crippen molar-refractivity contribution in [2.75, 3.05) is 54.1 Å². The zero-order chi connectivity index (χ0) is 22.1. The van der Waals surface area contributed by atoms with Crippen molar-refractivity contribution in [3.63, 3.8) is 0 Å². The number of ether oxygens (including phenoxy) is 3. The Balaban J connectivity index is 1.64. The summed E-state index contributed by atoms with van der Waals surface area (Å²) in [7, 11) is 5.04. The van der Waals surface area contributed by atoms with Gasteiger partial charge in [0.2, 0.25) is 0 Å². The molecule has 0 bridgehead atoms. The number of nitrogens with one attached hydrogen (secondary N) is 2. The van der Waals surface area contributed by atoms with Crippen molar-refractivity contribution in [2.24, 2.45) is 4.99 Å². The van der Waals surface area contributed by atoms with Gasteiger partial charge < -0.3 is 24.8 Å². The van der Waals surface area contributed by atoms with E-state index in [0.29, 0.717) is 24.6 Å². The molecule has 0 radical (unpaired) electrons. The second-order valence-corrected chi connectivity index (χ2v) is 7.65. The number of morpholine rings is 1. The van der Waals surface area contributed by atoms with Crippen LogP contribution >= 0.6 is 11.6 Å². The van der Waals surface area contributed by atoms with Crippen LogP contribution in [0.2, 0.25) is 5.02 Å². The molecule has 0 saturated carbocycles. The van der Waals surface area contributed by atoms with Gasteiger partial charge in [0.15, 0.2) is 17.5 Å². The van der Waals surface area contributed by atoms with E-state index in [2.05, 4.69) is 26.6 Å². The Labute approximate surface area is 189 Å². The lowest BCUT2D eigenvalue weighted by atomic mass is 10.0. The smallest absolute Gasteiger partial charge is 0.191 e. The molecule has 168 valence electrons. The molecule has 31 heavy (non-hydrogen) atoms. The van der Waals surface area contributed by atoms with Gasteiger partial charge in [0.25, 0.3) is 0 Å². The fourth-order valence-corrected chi connectivity index (χ4v) is 3.85. The highest BCUT2D eigenvalue weighted by molar-refractivity contribution is 6.30. The average molecular weight is 447 g/mol. The standard InChI is InChI=1S/C23H31ClN4O3/c1-25-23(26-15-17-7-8-21(29-2)22(13-17)30-3)27-16-20(28-9-11-31-12-10-28)18-5-4-6-19(24)14-18/h4-8,13-14,20H,9-12,15-16H2,1-3H3,(H2,25,26,27). The van der Waals surface area contributed by atoms with E-state index in [0.717, 1.165) is 42.8 Å². The highest BCUT2D eigenvalue weighted by Crippen LogP contribution is 2.27. The summed E-state index contributed by atoms with van der Waals surface area (Å²) in [5.74, 6) is 2.15. The molecule has 2 aromatic carbocycles. The SMILES string of the molecule is CN=C(NCc1ccc(OC)c(OC)c1)NCC(c1cccc(Cl)c1)N1CCOCC1. The van der Waals surface area contributed by atoms with Gasteiger partial charge in [0.1, 0.15) is 0 Å². The van der Waals surface area contributed by atoms with Gasteiger partial charge in [0, 0.05) is 38.2 Å². The number of guanidine groups is 1. The van der Waals surface area contributed by atoms with Gasteiger partial charge in [-0.3, -0.25) is 9.89 Å². The molecular formula is C23H31ClN4O3. The van der Waals surface area contributed by atoms with Gasteiger partial charge in [-0.2, -0.15) is 0 Å². The monoisotopic (exact) mass is 446 g/mol. The normalized spacial score (nSPS) is 15.9. The molecule has 1 heterocycles. The summed E-state index contributed by atoms with van der Waals surface area (Å²) in [6.45, 7) is 4.56. The molecule has 1 fully saturated rings. The summed E-state index contributed by atoms with van der Waals surface area (Å²) in [5, 5.41) is 7.57. The van der Waals surface area contributed by atoms with Gasteiger partial charge in [-0.15, -0.1) is 0 Å². The lowest BCUT2D eigenvalue weighted by Crippen LogP contribution is -2.46. The first-order valence-corrected chi connectivity index (χ1v) is 10.7. The molecule has 0 spiro atoms. The molecule has 7 nitrogen and oxygen atoms in total. The third-order valence-electron chi connectivity index (χ3n) is 5.31. The van der Waals surface area contributed by atoms with Crippen molar-refractivity contribution in [1.82, 2.24) is 15.5 Å².